The van der Waals surface area contributed by atoms with Crippen LogP contribution < -0.4 is 14.9 Å². The van der Waals surface area contributed by atoms with Gasteiger partial charge in [-0.2, -0.15) is 0 Å². The van der Waals surface area contributed by atoms with Gasteiger partial charge in [-0.25, -0.2) is 0 Å². The predicted octanol–water partition coefficient (Wildman–Crippen LogP) is 4.03. The molecule has 8 nitrogen and oxygen atoms in total. The fourth-order valence-electron chi connectivity index (χ4n) is 4.20. The maximum Gasteiger partial charge on any atom is 0.312 e. The Morgan fingerprint density at radius 1 is 0.939 bits per heavy atom. The number of para-hydroxylation sites is 1. The molecule has 1 unspecified atom stereocenters. The first-order chi connectivity index (χ1) is 15.9. The molecule has 166 valence electrons. The van der Waals surface area contributed by atoms with Crippen molar-refractivity contribution in [3.05, 3.63) is 75.9 Å². The van der Waals surface area contributed by atoms with Gasteiger partial charge in [0.1, 0.15) is 34.0 Å². The van der Waals surface area contributed by atoms with Crippen molar-refractivity contribution in [1.29, 1.82) is 0 Å². The molecule has 0 saturated heterocycles. The summed E-state index contributed by atoms with van der Waals surface area (Å²) in [5.41, 5.74) is 0.996. The fourth-order valence-corrected chi connectivity index (χ4v) is 4.20. The third-order valence-electron chi connectivity index (χ3n) is 5.70. The van der Waals surface area contributed by atoms with E-state index >= 15 is 0 Å². The molecule has 0 spiro atoms. The van der Waals surface area contributed by atoms with E-state index in [-0.39, 0.29) is 46.1 Å². The second-order valence-corrected chi connectivity index (χ2v) is 7.66. The standard InChI is InChI=1S/C25H18O8/c1-31-19-5-3-2-4-13(19)14-9-22(30)32-21-11-18(29)24-17(28)10-20(33-25(24)23(14)21)12-6-7-15(26)16(27)8-12/h2-8,10-11,14,26-27,29H,9H2,1H3. The number of methoxy groups -OCH3 is 1. The van der Waals surface area contributed by atoms with Crippen molar-refractivity contribution in [2.24, 2.45) is 0 Å². The minimum atomic E-state index is -0.563. The zero-order valence-corrected chi connectivity index (χ0v) is 17.4. The van der Waals surface area contributed by atoms with Gasteiger partial charge in [0.25, 0.3) is 0 Å². The van der Waals surface area contributed by atoms with Crippen LogP contribution in [-0.2, 0) is 4.79 Å². The van der Waals surface area contributed by atoms with Crippen molar-refractivity contribution in [1.82, 2.24) is 0 Å². The smallest absolute Gasteiger partial charge is 0.312 e. The van der Waals surface area contributed by atoms with Crippen LogP contribution in [0, 0.1) is 0 Å². The van der Waals surface area contributed by atoms with Gasteiger partial charge in [0, 0.05) is 34.7 Å². The van der Waals surface area contributed by atoms with Crippen LogP contribution in [0.2, 0.25) is 0 Å². The highest BCUT2D eigenvalue weighted by Crippen LogP contribution is 2.47. The number of ether oxygens (including phenoxy) is 2. The van der Waals surface area contributed by atoms with Gasteiger partial charge >= 0.3 is 5.97 Å². The highest BCUT2D eigenvalue weighted by molar-refractivity contribution is 5.93. The molecule has 0 fully saturated rings. The Balaban J connectivity index is 1.83. The number of fused-ring (bicyclic) bond motifs is 3. The van der Waals surface area contributed by atoms with Crippen LogP contribution in [0.4, 0.5) is 0 Å². The number of phenols is 3. The number of phenolic OH excluding ortho intramolecular Hbond substituents is 3. The fraction of sp³-hybridized carbons (Fsp3) is 0.120. The Morgan fingerprint density at radius 3 is 2.48 bits per heavy atom. The first kappa shape index (κ1) is 20.4. The van der Waals surface area contributed by atoms with Gasteiger partial charge in [0.15, 0.2) is 16.9 Å². The first-order valence-corrected chi connectivity index (χ1v) is 10.1. The minimum Gasteiger partial charge on any atom is -0.507 e. The van der Waals surface area contributed by atoms with Crippen molar-refractivity contribution in [2.45, 2.75) is 12.3 Å². The summed E-state index contributed by atoms with van der Waals surface area (Å²) in [7, 11) is 1.52. The summed E-state index contributed by atoms with van der Waals surface area (Å²) < 4.78 is 17.0. The Hall–Kier alpha value is -4.46. The molecule has 0 aliphatic carbocycles. The number of hydrogen-bond donors (Lipinski definition) is 3. The molecule has 33 heavy (non-hydrogen) atoms. The van der Waals surface area contributed by atoms with Gasteiger partial charge in [-0.05, 0) is 24.3 Å². The number of esters is 1. The molecule has 1 aromatic heterocycles. The quantitative estimate of drug-likeness (QED) is 0.245. The number of benzene rings is 3. The summed E-state index contributed by atoms with van der Waals surface area (Å²) in [5.74, 6) is -1.41. The Labute approximate surface area is 186 Å². The largest absolute Gasteiger partial charge is 0.507 e. The molecule has 4 aromatic rings. The molecular weight excluding hydrogens is 428 g/mol. The average molecular weight is 446 g/mol. The lowest BCUT2D eigenvalue weighted by Gasteiger charge is -2.27. The lowest BCUT2D eigenvalue weighted by atomic mass is 9.84. The van der Waals surface area contributed by atoms with Crippen LogP contribution in [0.25, 0.3) is 22.3 Å². The van der Waals surface area contributed by atoms with Crippen molar-refractivity contribution >= 4 is 16.9 Å². The molecule has 2 heterocycles. The van der Waals surface area contributed by atoms with Crippen LogP contribution in [0.1, 0.15) is 23.5 Å². The molecule has 0 bridgehead atoms. The molecule has 8 heteroatoms. The SMILES string of the molecule is COc1ccccc1C1CC(=O)Oc2cc(O)c3c(=O)cc(-c4ccc(O)c(O)c4)oc3c21. The van der Waals surface area contributed by atoms with E-state index in [0.717, 1.165) is 0 Å². The number of hydrogen-bond acceptors (Lipinski definition) is 8. The molecular formula is C25H18O8. The van der Waals surface area contributed by atoms with Crippen molar-refractivity contribution in [2.75, 3.05) is 7.11 Å². The van der Waals surface area contributed by atoms with Crippen LogP contribution in [-0.4, -0.2) is 28.4 Å². The number of carbonyl (C=O) groups is 1. The van der Waals surface area contributed by atoms with Crippen LogP contribution in [0.5, 0.6) is 28.7 Å². The zero-order valence-electron chi connectivity index (χ0n) is 17.4. The van der Waals surface area contributed by atoms with Gasteiger partial charge in [0.2, 0.25) is 0 Å². The predicted molar refractivity (Wildman–Crippen MR) is 118 cm³/mol. The van der Waals surface area contributed by atoms with Gasteiger partial charge in [-0.15, -0.1) is 0 Å². The summed E-state index contributed by atoms with van der Waals surface area (Å²) in [6.07, 6.45) is -0.0266. The highest BCUT2D eigenvalue weighted by Gasteiger charge is 2.35. The number of rotatable bonds is 3. The summed E-state index contributed by atoms with van der Waals surface area (Å²) in [5, 5.41) is 30.0. The topological polar surface area (TPSA) is 126 Å². The first-order valence-electron chi connectivity index (χ1n) is 10.1. The lowest BCUT2D eigenvalue weighted by molar-refractivity contribution is -0.135. The van der Waals surface area contributed by atoms with Gasteiger partial charge < -0.3 is 29.2 Å². The monoisotopic (exact) mass is 446 g/mol. The van der Waals surface area contributed by atoms with E-state index in [1.165, 1.54) is 37.4 Å². The third-order valence-corrected chi connectivity index (χ3v) is 5.70. The zero-order chi connectivity index (χ0) is 23.3. The normalized spacial score (nSPS) is 15.2. The summed E-state index contributed by atoms with van der Waals surface area (Å²) in [6, 6.07) is 13.6. The van der Waals surface area contributed by atoms with Crippen LogP contribution >= 0.6 is 0 Å². The van der Waals surface area contributed by atoms with E-state index in [9.17, 15) is 24.9 Å². The average Bonchev–Trinajstić information content (AvgIpc) is 2.79. The summed E-state index contributed by atoms with van der Waals surface area (Å²) in [6.45, 7) is 0. The maximum atomic E-state index is 13.0. The Bertz CT molecular complexity index is 1480. The number of aromatic hydroxyl groups is 3. The van der Waals surface area contributed by atoms with E-state index in [1.54, 1.807) is 18.2 Å². The van der Waals surface area contributed by atoms with E-state index in [0.29, 0.717) is 22.4 Å². The second kappa shape index (κ2) is 7.59. The molecule has 0 amide bonds. The molecule has 3 N–H and O–H groups in total. The van der Waals surface area contributed by atoms with E-state index in [4.69, 9.17) is 13.9 Å². The van der Waals surface area contributed by atoms with Gasteiger partial charge in [-0.3, -0.25) is 9.59 Å². The molecule has 0 radical (unpaired) electrons. The third kappa shape index (κ3) is 3.32. The highest BCUT2D eigenvalue weighted by atomic mass is 16.5. The van der Waals surface area contributed by atoms with Crippen molar-refractivity contribution < 1.29 is 34.0 Å². The van der Waals surface area contributed by atoms with Gasteiger partial charge in [-0.1, -0.05) is 18.2 Å². The Morgan fingerprint density at radius 2 is 1.73 bits per heavy atom. The summed E-state index contributed by atoms with van der Waals surface area (Å²) >= 11 is 0. The summed E-state index contributed by atoms with van der Waals surface area (Å²) in [4.78, 5) is 25.4. The van der Waals surface area contributed by atoms with E-state index < -0.39 is 17.3 Å². The molecule has 1 atom stereocenters. The van der Waals surface area contributed by atoms with Crippen LogP contribution in [0.15, 0.2) is 63.8 Å². The van der Waals surface area contributed by atoms with E-state index in [2.05, 4.69) is 0 Å². The molecule has 1 aliphatic heterocycles. The molecule has 1 aliphatic rings. The number of carbonyl (C=O) groups excluding carboxylic acids is 1. The minimum absolute atomic E-state index is 0.0266. The molecule has 3 aromatic carbocycles. The second-order valence-electron chi connectivity index (χ2n) is 7.66. The van der Waals surface area contributed by atoms with Crippen molar-refractivity contribution in [3.8, 4) is 40.1 Å². The maximum absolute atomic E-state index is 13.0. The van der Waals surface area contributed by atoms with E-state index in [1.807, 2.05) is 6.07 Å². The molecule has 5 rings (SSSR count). The van der Waals surface area contributed by atoms with Gasteiger partial charge in [0.05, 0.1) is 13.5 Å². The lowest BCUT2D eigenvalue weighted by Crippen LogP contribution is -2.22. The Kier molecular flexibility index (Phi) is 4.70. The molecule has 0 saturated carbocycles. The van der Waals surface area contributed by atoms with Crippen LogP contribution in [0.3, 0.4) is 0 Å². The van der Waals surface area contributed by atoms with Crippen molar-refractivity contribution in [3.63, 3.8) is 0 Å².